The van der Waals surface area contributed by atoms with Gasteiger partial charge in [-0.1, -0.05) is 6.92 Å². The van der Waals surface area contributed by atoms with Crippen LogP contribution in [0.3, 0.4) is 0 Å². The number of nitrogens with one attached hydrogen (secondary N) is 1. The molecule has 0 spiro atoms. The fraction of sp³-hybridized carbons (Fsp3) is 0.529. The minimum atomic E-state index is -0.521. The predicted octanol–water partition coefficient (Wildman–Crippen LogP) is 2.13. The summed E-state index contributed by atoms with van der Waals surface area (Å²) in [5.41, 5.74) is 1.05. The molecule has 2 fully saturated rings. The molecule has 2 saturated heterocycles. The third kappa shape index (κ3) is 3.44. The second-order valence-electron chi connectivity index (χ2n) is 6.53. The van der Waals surface area contributed by atoms with E-state index in [2.05, 4.69) is 12.2 Å². The number of anilines is 2. The van der Waals surface area contributed by atoms with Gasteiger partial charge in [0, 0.05) is 20.0 Å². The van der Waals surface area contributed by atoms with Crippen LogP contribution in [0.2, 0.25) is 0 Å². The van der Waals surface area contributed by atoms with E-state index < -0.39 is 12.2 Å². The molecule has 0 aromatic heterocycles. The summed E-state index contributed by atoms with van der Waals surface area (Å²) in [5, 5.41) is 2.62. The van der Waals surface area contributed by atoms with Crippen LogP contribution >= 0.6 is 0 Å². The van der Waals surface area contributed by atoms with E-state index in [1.54, 1.807) is 12.1 Å². The number of hydrogen-bond acceptors (Lipinski definition) is 4. The maximum Gasteiger partial charge on any atom is 0.414 e. The molecular weight excluding hydrogens is 313 g/mol. The van der Waals surface area contributed by atoms with E-state index >= 15 is 0 Å². The molecule has 0 aliphatic carbocycles. The topological polar surface area (TPSA) is 61.9 Å². The molecule has 2 atom stereocenters. The van der Waals surface area contributed by atoms with Crippen LogP contribution in [-0.4, -0.2) is 44.3 Å². The highest BCUT2D eigenvalue weighted by Gasteiger charge is 2.33. The fourth-order valence-electron chi connectivity index (χ4n) is 3.17. The zero-order valence-electron chi connectivity index (χ0n) is 13.9. The Hall–Kier alpha value is -2.31. The molecule has 1 aromatic carbocycles. The first-order chi connectivity index (χ1) is 11.4. The number of ether oxygens (including phenoxy) is 1. The van der Waals surface area contributed by atoms with E-state index in [1.165, 1.54) is 17.9 Å². The number of cyclic esters (lactones) is 1. The van der Waals surface area contributed by atoms with Gasteiger partial charge in [-0.3, -0.25) is 9.69 Å². The van der Waals surface area contributed by atoms with Crippen LogP contribution in [0.4, 0.5) is 20.6 Å². The SMILES string of the molecule is CC(=O)NC[C@H]1CN(c2ccc(N3CCC(C)C3)c(F)c2)C(=O)O1. The molecule has 3 rings (SSSR count). The van der Waals surface area contributed by atoms with E-state index in [9.17, 15) is 14.0 Å². The number of halogens is 1. The summed E-state index contributed by atoms with van der Waals surface area (Å²) >= 11 is 0. The third-order valence-electron chi connectivity index (χ3n) is 4.46. The molecule has 2 aliphatic rings. The summed E-state index contributed by atoms with van der Waals surface area (Å²) < 4.78 is 19.7. The number of benzene rings is 1. The Morgan fingerprint density at radius 1 is 1.42 bits per heavy atom. The highest BCUT2D eigenvalue weighted by molar-refractivity contribution is 5.90. The summed E-state index contributed by atoms with van der Waals surface area (Å²) in [6.45, 7) is 5.80. The van der Waals surface area contributed by atoms with Crippen LogP contribution in [0, 0.1) is 11.7 Å². The summed E-state index contributed by atoms with van der Waals surface area (Å²) in [6, 6.07) is 4.83. The van der Waals surface area contributed by atoms with Crippen molar-refractivity contribution in [1.82, 2.24) is 5.32 Å². The van der Waals surface area contributed by atoms with E-state index in [4.69, 9.17) is 4.74 Å². The maximum absolute atomic E-state index is 14.5. The van der Waals surface area contributed by atoms with Crippen molar-refractivity contribution in [3.05, 3.63) is 24.0 Å². The van der Waals surface area contributed by atoms with Crippen molar-refractivity contribution in [2.45, 2.75) is 26.4 Å². The van der Waals surface area contributed by atoms with Gasteiger partial charge in [-0.05, 0) is 30.5 Å². The average Bonchev–Trinajstić information content (AvgIpc) is 3.11. The number of rotatable bonds is 4. The van der Waals surface area contributed by atoms with Gasteiger partial charge in [0.25, 0.3) is 0 Å². The van der Waals surface area contributed by atoms with E-state index in [1.807, 2.05) is 4.90 Å². The lowest BCUT2D eigenvalue weighted by Gasteiger charge is -2.21. The lowest BCUT2D eigenvalue weighted by atomic mass is 10.2. The van der Waals surface area contributed by atoms with Gasteiger partial charge in [0.05, 0.1) is 24.5 Å². The normalized spacial score (nSPS) is 23.5. The Balaban J connectivity index is 1.70. The molecule has 0 radical (unpaired) electrons. The van der Waals surface area contributed by atoms with Crippen LogP contribution < -0.4 is 15.1 Å². The van der Waals surface area contributed by atoms with Crippen molar-refractivity contribution >= 4 is 23.4 Å². The number of hydrogen-bond donors (Lipinski definition) is 1. The molecule has 1 aromatic rings. The highest BCUT2D eigenvalue weighted by Crippen LogP contribution is 2.30. The molecule has 0 saturated carbocycles. The Bertz CT molecular complexity index is 652. The fourth-order valence-corrected chi connectivity index (χ4v) is 3.17. The van der Waals surface area contributed by atoms with Gasteiger partial charge < -0.3 is 15.0 Å². The van der Waals surface area contributed by atoms with Crippen molar-refractivity contribution < 1.29 is 18.7 Å². The van der Waals surface area contributed by atoms with Gasteiger partial charge in [-0.2, -0.15) is 0 Å². The second kappa shape index (κ2) is 6.67. The van der Waals surface area contributed by atoms with Crippen LogP contribution in [0.25, 0.3) is 0 Å². The van der Waals surface area contributed by atoms with E-state index in [0.29, 0.717) is 23.8 Å². The molecule has 6 nitrogen and oxygen atoms in total. The van der Waals surface area contributed by atoms with Gasteiger partial charge in [0.1, 0.15) is 11.9 Å². The van der Waals surface area contributed by atoms with Gasteiger partial charge in [-0.15, -0.1) is 0 Å². The summed E-state index contributed by atoms with van der Waals surface area (Å²) in [6.07, 6.45) is 0.112. The first-order valence-electron chi connectivity index (χ1n) is 8.21. The Morgan fingerprint density at radius 2 is 2.21 bits per heavy atom. The van der Waals surface area contributed by atoms with Gasteiger partial charge in [-0.25, -0.2) is 9.18 Å². The quantitative estimate of drug-likeness (QED) is 0.916. The minimum absolute atomic E-state index is 0.181. The second-order valence-corrected chi connectivity index (χ2v) is 6.53. The molecule has 7 heteroatoms. The van der Waals surface area contributed by atoms with E-state index in [0.717, 1.165) is 19.5 Å². The first-order valence-corrected chi connectivity index (χ1v) is 8.21. The van der Waals surface area contributed by atoms with Crippen LogP contribution in [0.5, 0.6) is 0 Å². The number of carbonyl (C=O) groups excluding carboxylic acids is 2. The molecule has 130 valence electrons. The summed E-state index contributed by atoms with van der Waals surface area (Å²) in [7, 11) is 0. The zero-order chi connectivity index (χ0) is 17.3. The largest absolute Gasteiger partial charge is 0.442 e. The number of amides is 2. The third-order valence-corrected chi connectivity index (χ3v) is 4.46. The Morgan fingerprint density at radius 3 is 2.83 bits per heavy atom. The van der Waals surface area contributed by atoms with Crippen LogP contribution in [0.15, 0.2) is 18.2 Å². The monoisotopic (exact) mass is 335 g/mol. The standard InChI is InChI=1S/C17H22FN3O3/c1-11-5-6-20(9-11)16-4-3-13(7-15(16)18)21-10-14(24-17(21)23)8-19-12(2)22/h3-4,7,11,14H,5-6,8-10H2,1-2H3,(H,19,22)/t11?,14-/m0/s1. The van der Waals surface area contributed by atoms with Crippen molar-refractivity contribution in [2.75, 3.05) is 36.0 Å². The lowest BCUT2D eigenvalue weighted by Crippen LogP contribution is -2.33. The molecular formula is C17H22FN3O3. The van der Waals surface area contributed by atoms with Crippen molar-refractivity contribution in [3.8, 4) is 0 Å². The van der Waals surface area contributed by atoms with Crippen molar-refractivity contribution in [1.29, 1.82) is 0 Å². The average molecular weight is 335 g/mol. The lowest BCUT2D eigenvalue weighted by molar-refractivity contribution is -0.119. The van der Waals surface area contributed by atoms with Gasteiger partial charge >= 0.3 is 6.09 Å². The summed E-state index contributed by atoms with van der Waals surface area (Å²) in [5.74, 6) is 0.0478. The Kier molecular flexibility index (Phi) is 4.59. The van der Waals surface area contributed by atoms with Crippen molar-refractivity contribution in [3.63, 3.8) is 0 Å². The summed E-state index contributed by atoms with van der Waals surface area (Å²) in [4.78, 5) is 26.4. The smallest absolute Gasteiger partial charge is 0.414 e. The molecule has 1 N–H and O–H groups in total. The maximum atomic E-state index is 14.5. The molecule has 2 heterocycles. The Labute approximate surface area is 140 Å². The van der Waals surface area contributed by atoms with Gasteiger partial charge in [0.15, 0.2) is 0 Å². The highest BCUT2D eigenvalue weighted by atomic mass is 19.1. The van der Waals surface area contributed by atoms with Crippen molar-refractivity contribution in [2.24, 2.45) is 5.92 Å². The number of carbonyl (C=O) groups is 2. The zero-order valence-corrected chi connectivity index (χ0v) is 13.9. The molecule has 2 amide bonds. The van der Waals surface area contributed by atoms with Crippen LogP contribution in [-0.2, 0) is 9.53 Å². The minimum Gasteiger partial charge on any atom is -0.442 e. The number of nitrogens with zero attached hydrogens (tertiary/aromatic N) is 2. The molecule has 0 bridgehead atoms. The first kappa shape index (κ1) is 16.5. The van der Waals surface area contributed by atoms with E-state index in [-0.39, 0.29) is 18.3 Å². The van der Waals surface area contributed by atoms with Gasteiger partial charge in [0.2, 0.25) is 5.91 Å². The van der Waals surface area contributed by atoms with Crippen LogP contribution in [0.1, 0.15) is 20.3 Å². The molecule has 2 aliphatic heterocycles. The molecule has 24 heavy (non-hydrogen) atoms. The molecule has 1 unspecified atom stereocenters. The predicted molar refractivity (Wildman–Crippen MR) is 88.7 cm³/mol.